The zero-order chi connectivity index (χ0) is 17.2. The van der Waals surface area contributed by atoms with Crippen LogP contribution < -0.4 is 5.62 Å². The maximum absolute atomic E-state index is 12.4. The number of Topliss-reactive ketones (excluding diaryl/α,β-unsaturated/α-hetero) is 1. The number of aryl methyl sites for hydroxylation is 1. The van der Waals surface area contributed by atoms with Crippen LogP contribution in [0.2, 0.25) is 0 Å². The van der Waals surface area contributed by atoms with Crippen molar-refractivity contribution in [2.45, 2.75) is 31.7 Å². The molecule has 0 N–H and O–H groups in total. The SMILES string of the molecule is CC(=O)C(C)n1cc(Br)cnc1=NS(=O)(=O)c1ccc(C)cc1. The lowest BCUT2D eigenvalue weighted by atomic mass is 10.2. The number of hydrogen-bond acceptors (Lipinski definition) is 4. The second-order valence-electron chi connectivity index (χ2n) is 5.15. The van der Waals surface area contributed by atoms with Crippen LogP contribution >= 0.6 is 15.9 Å². The van der Waals surface area contributed by atoms with E-state index in [4.69, 9.17) is 0 Å². The number of carbonyl (C=O) groups is 1. The van der Waals surface area contributed by atoms with Gasteiger partial charge in [0.25, 0.3) is 10.0 Å². The maximum atomic E-state index is 12.4. The van der Waals surface area contributed by atoms with Gasteiger partial charge < -0.3 is 4.57 Å². The molecule has 122 valence electrons. The largest absolute Gasteiger partial charge is 0.305 e. The van der Waals surface area contributed by atoms with Crippen molar-refractivity contribution in [2.24, 2.45) is 4.40 Å². The molecule has 1 aromatic carbocycles. The van der Waals surface area contributed by atoms with Crippen LogP contribution in [0.15, 0.2) is 50.4 Å². The second kappa shape index (κ2) is 6.76. The first-order valence-corrected chi connectivity index (χ1v) is 9.06. The molecule has 2 aromatic rings. The Kier molecular flexibility index (Phi) is 5.16. The molecule has 0 aliphatic rings. The van der Waals surface area contributed by atoms with Gasteiger partial charge in [0.2, 0.25) is 5.62 Å². The van der Waals surface area contributed by atoms with Crippen molar-refractivity contribution in [2.75, 3.05) is 0 Å². The summed E-state index contributed by atoms with van der Waals surface area (Å²) in [5.41, 5.74) is 0.905. The normalized spacial score (nSPS) is 13.8. The number of halogens is 1. The van der Waals surface area contributed by atoms with Crippen LogP contribution in [0.1, 0.15) is 25.5 Å². The molecule has 6 nitrogen and oxygen atoms in total. The van der Waals surface area contributed by atoms with E-state index in [1.54, 1.807) is 25.3 Å². The third-order valence-corrected chi connectivity index (χ3v) is 5.00. The summed E-state index contributed by atoms with van der Waals surface area (Å²) in [6.07, 6.45) is 3.02. The molecule has 23 heavy (non-hydrogen) atoms. The first-order valence-electron chi connectivity index (χ1n) is 6.82. The van der Waals surface area contributed by atoms with Gasteiger partial charge in [-0.2, -0.15) is 8.42 Å². The van der Waals surface area contributed by atoms with E-state index in [9.17, 15) is 13.2 Å². The van der Waals surface area contributed by atoms with Crippen LogP contribution in [0.4, 0.5) is 0 Å². The van der Waals surface area contributed by atoms with Gasteiger partial charge in [0.05, 0.1) is 15.4 Å². The summed E-state index contributed by atoms with van der Waals surface area (Å²) in [5, 5.41) is 0. The van der Waals surface area contributed by atoms with E-state index in [0.29, 0.717) is 4.47 Å². The third-order valence-electron chi connectivity index (χ3n) is 3.32. The molecule has 1 aromatic heterocycles. The molecular weight excluding hydrogens is 382 g/mol. The van der Waals surface area contributed by atoms with Gasteiger partial charge in [-0.15, -0.1) is 4.40 Å². The van der Waals surface area contributed by atoms with Crippen molar-refractivity contribution in [1.29, 1.82) is 0 Å². The fourth-order valence-corrected chi connectivity index (χ4v) is 3.10. The number of benzene rings is 1. The summed E-state index contributed by atoms with van der Waals surface area (Å²) >= 11 is 3.26. The van der Waals surface area contributed by atoms with E-state index >= 15 is 0 Å². The lowest BCUT2D eigenvalue weighted by Gasteiger charge is -2.13. The molecule has 0 aliphatic carbocycles. The highest BCUT2D eigenvalue weighted by molar-refractivity contribution is 9.10. The Morgan fingerprint density at radius 3 is 2.48 bits per heavy atom. The minimum absolute atomic E-state index is 0.0449. The summed E-state index contributed by atoms with van der Waals surface area (Å²) in [6, 6.07) is 5.80. The summed E-state index contributed by atoms with van der Waals surface area (Å²) in [6.45, 7) is 4.96. The fourth-order valence-electron chi connectivity index (χ4n) is 1.83. The highest BCUT2D eigenvalue weighted by atomic mass is 79.9. The molecule has 0 radical (unpaired) electrons. The molecule has 0 fully saturated rings. The van der Waals surface area contributed by atoms with Gasteiger partial charge in [0, 0.05) is 12.4 Å². The Labute approximate surface area is 143 Å². The topological polar surface area (TPSA) is 81.4 Å². The number of nitrogens with zero attached hydrogens (tertiary/aromatic N) is 3. The number of sulfonamides is 1. The van der Waals surface area contributed by atoms with Gasteiger partial charge >= 0.3 is 0 Å². The predicted octanol–water partition coefficient (Wildman–Crippen LogP) is 2.39. The minimum atomic E-state index is -3.91. The van der Waals surface area contributed by atoms with Gasteiger partial charge in [0.1, 0.15) is 0 Å². The summed E-state index contributed by atoms with van der Waals surface area (Å²) in [5.74, 6) is -0.126. The van der Waals surface area contributed by atoms with Crippen molar-refractivity contribution in [3.05, 3.63) is 52.3 Å². The Bertz CT molecular complexity index is 902. The van der Waals surface area contributed by atoms with E-state index in [1.807, 2.05) is 6.92 Å². The Balaban J connectivity index is 2.63. The molecule has 1 unspecified atom stereocenters. The molecule has 0 aliphatic heterocycles. The Hall–Kier alpha value is -1.80. The summed E-state index contributed by atoms with van der Waals surface area (Å²) < 4.78 is 30.7. The average molecular weight is 398 g/mol. The van der Waals surface area contributed by atoms with Gasteiger partial charge in [-0.3, -0.25) is 4.79 Å². The molecule has 1 heterocycles. The van der Waals surface area contributed by atoms with E-state index in [0.717, 1.165) is 5.56 Å². The molecular formula is C15H16BrN3O3S. The van der Waals surface area contributed by atoms with Crippen molar-refractivity contribution >= 4 is 31.7 Å². The van der Waals surface area contributed by atoms with Crippen LogP contribution in [0.5, 0.6) is 0 Å². The van der Waals surface area contributed by atoms with Crippen molar-refractivity contribution in [3.8, 4) is 0 Å². The monoisotopic (exact) mass is 397 g/mol. The first-order chi connectivity index (χ1) is 10.7. The van der Waals surface area contributed by atoms with Crippen LogP contribution in [0.25, 0.3) is 0 Å². The smallest absolute Gasteiger partial charge is 0.285 e. The molecule has 0 amide bonds. The fraction of sp³-hybridized carbons (Fsp3) is 0.267. The third kappa shape index (κ3) is 4.14. The quantitative estimate of drug-likeness (QED) is 0.792. The van der Waals surface area contributed by atoms with Gasteiger partial charge in [0.15, 0.2) is 5.78 Å². The number of rotatable bonds is 4. The van der Waals surface area contributed by atoms with Gasteiger partial charge in [-0.1, -0.05) is 17.7 Å². The molecule has 0 spiro atoms. The lowest BCUT2D eigenvalue weighted by Crippen LogP contribution is -2.30. The molecule has 8 heteroatoms. The predicted molar refractivity (Wildman–Crippen MR) is 89.2 cm³/mol. The van der Waals surface area contributed by atoms with Crippen LogP contribution in [0.3, 0.4) is 0 Å². The van der Waals surface area contributed by atoms with Crippen molar-refractivity contribution in [3.63, 3.8) is 0 Å². The molecule has 0 bridgehead atoms. The van der Waals surface area contributed by atoms with Crippen LogP contribution in [-0.2, 0) is 14.8 Å². The summed E-state index contributed by atoms with van der Waals surface area (Å²) in [4.78, 5) is 15.7. The maximum Gasteiger partial charge on any atom is 0.285 e. The zero-order valence-corrected chi connectivity index (χ0v) is 15.3. The minimum Gasteiger partial charge on any atom is -0.305 e. The van der Waals surface area contributed by atoms with E-state index in [-0.39, 0.29) is 16.3 Å². The Morgan fingerprint density at radius 1 is 1.30 bits per heavy atom. The number of carbonyl (C=O) groups excluding carboxylic acids is 1. The molecule has 0 saturated heterocycles. The first kappa shape index (κ1) is 17.6. The van der Waals surface area contributed by atoms with E-state index in [1.165, 1.54) is 29.8 Å². The molecule has 0 saturated carbocycles. The Morgan fingerprint density at radius 2 is 1.91 bits per heavy atom. The second-order valence-corrected chi connectivity index (χ2v) is 7.67. The highest BCUT2D eigenvalue weighted by Gasteiger charge is 2.16. The average Bonchev–Trinajstić information content (AvgIpc) is 2.48. The number of hydrogen-bond donors (Lipinski definition) is 0. The standard InChI is InChI=1S/C15H16BrN3O3S/c1-10-4-6-14(7-5-10)23(21,22)18-15-17-8-13(16)9-19(15)11(2)12(3)20/h4-9,11H,1-3H3. The zero-order valence-electron chi connectivity index (χ0n) is 12.9. The van der Waals surface area contributed by atoms with Gasteiger partial charge in [-0.05, 0) is 48.8 Å². The number of ketones is 1. The number of aromatic nitrogens is 2. The molecule has 2 rings (SSSR count). The highest BCUT2D eigenvalue weighted by Crippen LogP contribution is 2.13. The van der Waals surface area contributed by atoms with Crippen molar-refractivity contribution < 1.29 is 13.2 Å². The lowest BCUT2D eigenvalue weighted by molar-refractivity contribution is -0.119. The van der Waals surface area contributed by atoms with Gasteiger partial charge in [-0.25, -0.2) is 4.98 Å². The molecule has 1 atom stereocenters. The summed E-state index contributed by atoms with van der Waals surface area (Å²) in [7, 11) is -3.91. The van der Waals surface area contributed by atoms with Crippen LogP contribution in [-0.4, -0.2) is 23.8 Å². The van der Waals surface area contributed by atoms with E-state index < -0.39 is 16.1 Å². The van der Waals surface area contributed by atoms with Crippen LogP contribution in [0, 0.1) is 6.92 Å². The van der Waals surface area contributed by atoms with Crippen molar-refractivity contribution in [1.82, 2.24) is 9.55 Å². The van der Waals surface area contributed by atoms with E-state index in [2.05, 4.69) is 25.3 Å².